The van der Waals surface area contributed by atoms with Crippen molar-refractivity contribution in [1.29, 1.82) is 0 Å². The van der Waals surface area contributed by atoms with E-state index in [1.165, 1.54) is 0 Å². The molecule has 0 unspecified atom stereocenters. The summed E-state index contributed by atoms with van der Waals surface area (Å²) in [6.45, 7) is 0.235. The molecule has 1 rings (SSSR count). The Morgan fingerprint density at radius 1 is 1.15 bits per heavy atom. The van der Waals surface area contributed by atoms with Crippen LogP contribution in [0.4, 0.5) is 0 Å². The molecule has 1 aromatic carbocycles. The number of benzene rings is 1. The monoisotopic (exact) mass is 372 g/mol. The molecule has 1 aromatic rings. The smallest absolute Gasteiger partial charge is 0.188 e. The quantitative estimate of drug-likeness (QED) is 0.746. The van der Waals surface area contributed by atoms with Crippen molar-refractivity contribution in [1.82, 2.24) is 0 Å². The average molecular weight is 375 g/mol. The summed E-state index contributed by atoms with van der Waals surface area (Å²) in [5.41, 5.74) is 0. The zero-order valence-electron chi connectivity index (χ0n) is 6.81. The zero-order chi connectivity index (χ0) is 9.84. The van der Waals surface area contributed by atoms with Gasteiger partial charge in [0.25, 0.3) is 0 Å². The van der Waals surface area contributed by atoms with Crippen LogP contribution < -0.4 is 4.74 Å². The van der Waals surface area contributed by atoms with Gasteiger partial charge in [0.05, 0.1) is 8.95 Å². The van der Waals surface area contributed by atoms with Crippen molar-refractivity contribution in [3.05, 3.63) is 25.6 Å². The fourth-order valence-electron chi connectivity index (χ4n) is 0.785. The molecule has 5 heteroatoms. The lowest BCUT2D eigenvalue weighted by Gasteiger charge is -2.09. The number of hydrogen-bond acceptors (Lipinski definition) is 2. The van der Waals surface area contributed by atoms with Crippen LogP contribution in [-0.4, -0.2) is 13.9 Å². The molecular formula is C8H7Br3O2. The van der Waals surface area contributed by atoms with Gasteiger partial charge in [0, 0.05) is 11.6 Å². The van der Waals surface area contributed by atoms with Crippen molar-refractivity contribution >= 4 is 47.8 Å². The molecular weight excluding hydrogens is 368 g/mol. The largest absolute Gasteiger partial charge is 0.465 e. The zero-order valence-corrected chi connectivity index (χ0v) is 11.6. The van der Waals surface area contributed by atoms with Gasteiger partial charge in [0.15, 0.2) is 12.5 Å². The van der Waals surface area contributed by atoms with E-state index < -0.39 is 0 Å². The molecule has 0 heterocycles. The van der Waals surface area contributed by atoms with E-state index in [1.807, 2.05) is 12.1 Å². The van der Waals surface area contributed by atoms with Crippen molar-refractivity contribution in [2.24, 2.45) is 0 Å². The molecule has 0 aliphatic carbocycles. The Balaban J connectivity index is 2.92. The highest BCUT2D eigenvalue weighted by atomic mass is 79.9. The summed E-state index contributed by atoms with van der Waals surface area (Å²) in [4.78, 5) is 0. The highest BCUT2D eigenvalue weighted by molar-refractivity contribution is 9.11. The van der Waals surface area contributed by atoms with Gasteiger partial charge in [-0.05, 0) is 44.0 Å². The van der Waals surface area contributed by atoms with E-state index in [4.69, 9.17) is 9.47 Å². The second kappa shape index (κ2) is 5.34. The van der Waals surface area contributed by atoms with E-state index in [0.29, 0.717) is 0 Å². The van der Waals surface area contributed by atoms with E-state index >= 15 is 0 Å². The Hall–Kier alpha value is 0.420. The SMILES string of the molecule is COCOc1c(Br)cc(Br)cc1Br. The molecule has 13 heavy (non-hydrogen) atoms. The summed E-state index contributed by atoms with van der Waals surface area (Å²) in [5, 5.41) is 0. The van der Waals surface area contributed by atoms with Gasteiger partial charge in [-0.3, -0.25) is 0 Å². The van der Waals surface area contributed by atoms with Gasteiger partial charge in [-0.25, -0.2) is 0 Å². The molecule has 0 bridgehead atoms. The highest BCUT2D eigenvalue weighted by Gasteiger charge is 2.07. The second-order valence-corrected chi connectivity index (χ2v) is 4.87. The van der Waals surface area contributed by atoms with Crippen LogP contribution in [0.1, 0.15) is 0 Å². The van der Waals surface area contributed by atoms with E-state index in [-0.39, 0.29) is 6.79 Å². The number of rotatable bonds is 3. The maximum atomic E-state index is 5.33. The summed E-state index contributed by atoms with van der Waals surface area (Å²) in [5.74, 6) is 0.741. The van der Waals surface area contributed by atoms with Crippen LogP contribution in [0.5, 0.6) is 5.75 Å². The van der Waals surface area contributed by atoms with E-state index in [1.54, 1.807) is 7.11 Å². The lowest BCUT2D eigenvalue weighted by atomic mass is 10.3. The highest BCUT2D eigenvalue weighted by Crippen LogP contribution is 2.36. The first-order valence-electron chi connectivity index (χ1n) is 3.41. The molecule has 0 aliphatic rings. The fraction of sp³-hybridized carbons (Fsp3) is 0.250. The maximum absolute atomic E-state index is 5.33. The van der Waals surface area contributed by atoms with Crippen molar-refractivity contribution in [3.8, 4) is 5.75 Å². The van der Waals surface area contributed by atoms with Crippen molar-refractivity contribution in [2.75, 3.05) is 13.9 Å². The lowest BCUT2D eigenvalue weighted by molar-refractivity contribution is 0.0500. The fourth-order valence-corrected chi connectivity index (χ4v) is 3.27. The first kappa shape index (κ1) is 11.5. The van der Waals surface area contributed by atoms with E-state index in [2.05, 4.69) is 47.8 Å². The molecule has 72 valence electrons. The Labute approximate surface area is 102 Å². The van der Waals surface area contributed by atoms with Crippen LogP contribution >= 0.6 is 47.8 Å². The normalized spacial score (nSPS) is 10.2. The van der Waals surface area contributed by atoms with Gasteiger partial charge in [-0.2, -0.15) is 0 Å². The Morgan fingerprint density at radius 3 is 2.15 bits per heavy atom. The Morgan fingerprint density at radius 2 is 1.69 bits per heavy atom. The van der Waals surface area contributed by atoms with Gasteiger partial charge in [-0.15, -0.1) is 0 Å². The van der Waals surface area contributed by atoms with Gasteiger partial charge in [-0.1, -0.05) is 15.9 Å². The van der Waals surface area contributed by atoms with Gasteiger partial charge >= 0.3 is 0 Å². The van der Waals surface area contributed by atoms with Crippen LogP contribution in [-0.2, 0) is 4.74 Å². The predicted octanol–water partition coefficient (Wildman–Crippen LogP) is 3.96. The number of halogens is 3. The summed E-state index contributed by atoms with van der Waals surface area (Å²) < 4.78 is 12.9. The summed E-state index contributed by atoms with van der Waals surface area (Å²) in [6, 6.07) is 3.82. The molecule has 0 aromatic heterocycles. The Bertz CT molecular complexity index is 278. The molecule has 0 spiro atoms. The standard InChI is InChI=1S/C8H7Br3O2/c1-12-4-13-8-6(10)2-5(9)3-7(8)11/h2-3H,4H2,1H3. The molecule has 2 nitrogen and oxygen atoms in total. The van der Waals surface area contributed by atoms with Crippen LogP contribution in [0.2, 0.25) is 0 Å². The Kier molecular flexibility index (Phi) is 4.72. The van der Waals surface area contributed by atoms with E-state index in [9.17, 15) is 0 Å². The molecule has 0 atom stereocenters. The number of hydrogen-bond donors (Lipinski definition) is 0. The number of ether oxygens (including phenoxy) is 2. The van der Waals surface area contributed by atoms with Crippen LogP contribution in [0.15, 0.2) is 25.6 Å². The van der Waals surface area contributed by atoms with Crippen LogP contribution in [0, 0.1) is 0 Å². The molecule has 0 aliphatic heterocycles. The van der Waals surface area contributed by atoms with Crippen LogP contribution in [0.25, 0.3) is 0 Å². The van der Waals surface area contributed by atoms with Crippen LogP contribution in [0.3, 0.4) is 0 Å². The second-order valence-electron chi connectivity index (χ2n) is 2.25. The molecule has 0 saturated carbocycles. The minimum Gasteiger partial charge on any atom is -0.465 e. The third-order valence-electron chi connectivity index (χ3n) is 1.28. The minimum atomic E-state index is 0.235. The summed E-state index contributed by atoms with van der Waals surface area (Å²) >= 11 is 10.1. The predicted molar refractivity (Wildman–Crippen MR) is 62.0 cm³/mol. The van der Waals surface area contributed by atoms with Gasteiger partial charge < -0.3 is 9.47 Å². The lowest BCUT2D eigenvalue weighted by Crippen LogP contribution is -2.00. The minimum absolute atomic E-state index is 0.235. The summed E-state index contributed by atoms with van der Waals surface area (Å²) in [6.07, 6.45) is 0. The molecule has 0 saturated heterocycles. The van der Waals surface area contributed by atoms with Gasteiger partial charge in [0.2, 0.25) is 0 Å². The third-order valence-corrected chi connectivity index (χ3v) is 2.92. The topological polar surface area (TPSA) is 18.5 Å². The number of methoxy groups -OCH3 is 1. The first-order chi connectivity index (χ1) is 6.15. The molecule has 0 fully saturated rings. The van der Waals surface area contributed by atoms with Gasteiger partial charge in [0.1, 0.15) is 0 Å². The molecule has 0 radical (unpaired) electrons. The molecule has 0 N–H and O–H groups in total. The van der Waals surface area contributed by atoms with Crippen molar-refractivity contribution < 1.29 is 9.47 Å². The third kappa shape index (κ3) is 3.23. The molecule has 0 amide bonds. The van der Waals surface area contributed by atoms with Crippen molar-refractivity contribution in [2.45, 2.75) is 0 Å². The van der Waals surface area contributed by atoms with Crippen molar-refractivity contribution in [3.63, 3.8) is 0 Å². The average Bonchev–Trinajstić information content (AvgIpc) is 2.02. The summed E-state index contributed by atoms with van der Waals surface area (Å²) in [7, 11) is 1.58. The van der Waals surface area contributed by atoms with E-state index in [0.717, 1.165) is 19.2 Å². The maximum Gasteiger partial charge on any atom is 0.188 e. The first-order valence-corrected chi connectivity index (χ1v) is 5.79.